The van der Waals surface area contributed by atoms with E-state index < -0.39 is 0 Å². The van der Waals surface area contributed by atoms with Gasteiger partial charge in [0.1, 0.15) is 6.61 Å². The highest BCUT2D eigenvalue weighted by atomic mass is 32.1. The molecule has 0 aliphatic rings. The lowest BCUT2D eigenvalue weighted by molar-refractivity contribution is 0.188. The molecule has 15 heavy (non-hydrogen) atoms. The van der Waals surface area contributed by atoms with Crippen LogP contribution in [-0.4, -0.2) is 30.0 Å². The Bertz CT molecular complexity index is 165. The maximum atomic E-state index is 8.49. The molecular formula is C11H23NO2S. The van der Waals surface area contributed by atoms with Gasteiger partial charge in [-0.3, -0.25) is 5.41 Å². The molecule has 0 spiro atoms. The molecule has 1 atom stereocenters. The number of hydrogen-bond acceptors (Lipinski definition) is 4. The quantitative estimate of drug-likeness (QED) is 0.248. The van der Waals surface area contributed by atoms with E-state index in [9.17, 15) is 0 Å². The molecule has 0 amide bonds. The fourth-order valence-corrected chi connectivity index (χ4v) is 1.82. The van der Waals surface area contributed by atoms with Gasteiger partial charge >= 0.3 is 0 Å². The second-order valence-electron chi connectivity index (χ2n) is 3.86. The maximum absolute atomic E-state index is 8.49. The van der Waals surface area contributed by atoms with E-state index in [1.54, 1.807) is 0 Å². The van der Waals surface area contributed by atoms with Crippen molar-refractivity contribution < 1.29 is 9.84 Å². The molecule has 0 heterocycles. The molecule has 0 fully saturated rings. The first-order valence-electron chi connectivity index (χ1n) is 5.62. The second kappa shape index (κ2) is 10.3. The van der Waals surface area contributed by atoms with E-state index in [1.807, 2.05) is 0 Å². The van der Waals surface area contributed by atoms with Crippen LogP contribution in [-0.2, 0) is 4.74 Å². The molecule has 0 rings (SSSR count). The Kier molecular flexibility index (Phi) is 10.2. The lowest BCUT2D eigenvalue weighted by Gasteiger charge is -2.09. The maximum Gasteiger partial charge on any atom is 0.180 e. The van der Waals surface area contributed by atoms with Crippen molar-refractivity contribution in [3.05, 3.63) is 0 Å². The molecule has 0 saturated carbocycles. The summed E-state index contributed by atoms with van der Waals surface area (Å²) in [5.41, 5.74) is 0. The van der Waals surface area contributed by atoms with Gasteiger partial charge in [-0.05, 0) is 24.5 Å². The van der Waals surface area contributed by atoms with Crippen LogP contribution in [0.4, 0.5) is 0 Å². The van der Waals surface area contributed by atoms with E-state index in [-0.39, 0.29) is 13.2 Å². The minimum atomic E-state index is -0.0125. The van der Waals surface area contributed by atoms with Gasteiger partial charge in [-0.15, -0.1) is 0 Å². The Morgan fingerprint density at radius 1 is 1.40 bits per heavy atom. The van der Waals surface area contributed by atoms with E-state index in [0.29, 0.717) is 12.3 Å². The van der Waals surface area contributed by atoms with Crippen molar-refractivity contribution in [2.45, 2.75) is 39.0 Å². The van der Waals surface area contributed by atoms with Crippen LogP contribution in [0.3, 0.4) is 0 Å². The highest BCUT2D eigenvalue weighted by Crippen LogP contribution is 2.13. The third-order valence-electron chi connectivity index (χ3n) is 2.34. The Hall–Kier alpha value is -0.220. The minimum Gasteiger partial charge on any atom is -0.479 e. The van der Waals surface area contributed by atoms with E-state index in [1.165, 1.54) is 12.8 Å². The molecule has 0 radical (unpaired) electrons. The first-order valence-corrected chi connectivity index (χ1v) is 6.26. The number of nitrogens with one attached hydrogen (secondary N) is 1. The van der Waals surface area contributed by atoms with Crippen molar-refractivity contribution in [1.82, 2.24) is 0 Å². The Balaban J connectivity index is 3.26. The SMILES string of the molecule is CC(CCS)CCCCC(=N)OCCO. The van der Waals surface area contributed by atoms with Gasteiger partial charge in [-0.2, -0.15) is 12.6 Å². The van der Waals surface area contributed by atoms with Crippen LogP contribution < -0.4 is 0 Å². The predicted octanol–water partition coefficient (Wildman–Crippen LogP) is 2.49. The first-order chi connectivity index (χ1) is 7.20. The fraction of sp³-hybridized carbons (Fsp3) is 0.909. The van der Waals surface area contributed by atoms with Crippen molar-refractivity contribution in [2.75, 3.05) is 19.0 Å². The molecule has 0 aliphatic heterocycles. The number of hydrogen-bond donors (Lipinski definition) is 3. The van der Waals surface area contributed by atoms with Crippen LogP contribution >= 0.6 is 12.6 Å². The molecule has 1 unspecified atom stereocenters. The smallest absolute Gasteiger partial charge is 0.180 e. The first kappa shape index (κ1) is 14.8. The summed E-state index contributed by atoms with van der Waals surface area (Å²) in [5.74, 6) is 1.98. The van der Waals surface area contributed by atoms with Crippen LogP contribution in [0.25, 0.3) is 0 Å². The van der Waals surface area contributed by atoms with Crippen molar-refractivity contribution in [1.29, 1.82) is 5.41 Å². The molecule has 0 aromatic rings. The van der Waals surface area contributed by atoms with Gasteiger partial charge in [0.05, 0.1) is 6.61 Å². The predicted molar refractivity (Wildman–Crippen MR) is 66.9 cm³/mol. The average molecular weight is 233 g/mol. The van der Waals surface area contributed by atoms with Crippen LogP contribution in [0.15, 0.2) is 0 Å². The van der Waals surface area contributed by atoms with E-state index in [2.05, 4.69) is 19.6 Å². The van der Waals surface area contributed by atoms with Crippen LogP contribution in [0, 0.1) is 11.3 Å². The van der Waals surface area contributed by atoms with Gasteiger partial charge in [-0.25, -0.2) is 0 Å². The standard InChI is InChI=1S/C11H23NO2S/c1-10(6-9-15)4-2-3-5-11(12)14-8-7-13/h10,12-13,15H,2-9H2,1H3. The van der Waals surface area contributed by atoms with Gasteiger partial charge < -0.3 is 9.84 Å². The van der Waals surface area contributed by atoms with E-state index in [0.717, 1.165) is 24.5 Å². The topological polar surface area (TPSA) is 53.3 Å². The molecular weight excluding hydrogens is 210 g/mol. The van der Waals surface area contributed by atoms with E-state index in [4.69, 9.17) is 15.3 Å². The molecule has 0 saturated heterocycles. The Morgan fingerprint density at radius 2 is 2.13 bits per heavy atom. The summed E-state index contributed by atoms with van der Waals surface area (Å²) in [6, 6.07) is 0. The van der Waals surface area contributed by atoms with Gasteiger partial charge in [0, 0.05) is 6.42 Å². The molecule has 3 nitrogen and oxygen atoms in total. The third kappa shape index (κ3) is 10.1. The lowest BCUT2D eigenvalue weighted by atomic mass is 10.0. The van der Waals surface area contributed by atoms with Gasteiger partial charge in [0.15, 0.2) is 5.90 Å². The molecule has 90 valence electrons. The van der Waals surface area contributed by atoms with Crippen molar-refractivity contribution >= 4 is 18.5 Å². The lowest BCUT2D eigenvalue weighted by Crippen LogP contribution is -2.07. The molecule has 0 aromatic carbocycles. The Labute approximate surface area is 98.1 Å². The van der Waals surface area contributed by atoms with E-state index >= 15 is 0 Å². The number of aliphatic hydroxyl groups excluding tert-OH is 1. The minimum absolute atomic E-state index is 0.0125. The summed E-state index contributed by atoms with van der Waals surface area (Å²) in [4.78, 5) is 0. The van der Waals surface area contributed by atoms with Crippen molar-refractivity contribution in [2.24, 2.45) is 5.92 Å². The zero-order chi connectivity index (χ0) is 11.5. The van der Waals surface area contributed by atoms with Gasteiger partial charge in [-0.1, -0.05) is 19.8 Å². The van der Waals surface area contributed by atoms with Crippen molar-refractivity contribution in [3.8, 4) is 0 Å². The Morgan fingerprint density at radius 3 is 2.73 bits per heavy atom. The summed E-state index contributed by atoms with van der Waals surface area (Å²) in [5, 5.41) is 15.9. The number of aliphatic hydroxyl groups is 1. The van der Waals surface area contributed by atoms with Crippen LogP contribution in [0.1, 0.15) is 39.0 Å². The number of unbranched alkanes of at least 4 members (excludes halogenated alkanes) is 1. The molecule has 0 aromatic heterocycles. The fourth-order valence-electron chi connectivity index (χ4n) is 1.38. The summed E-state index contributed by atoms with van der Waals surface area (Å²) in [6.07, 6.45) is 5.20. The van der Waals surface area contributed by atoms with Crippen molar-refractivity contribution in [3.63, 3.8) is 0 Å². The highest BCUT2D eigenvalue weighted by Gasteiger charge is 2.02. The molecule has 0 bridgehead atoms. The summed E-state index contributed by atoms with van der Waals surface area (Å²) in [7, 11) is 0. The second-order valence-corrected chi connectivity index (χ2v) is 4.31. The molecule has 4 heteroatoms. The third-order valence-corrected chi connectivity index (χ3v) is 2.60. The number of ether oxygens (including phenoxy) is 1. The highest BCUT2D eigenvalue weighted by molar-refractivity contribution is 7.80. The normalized spacial score (nSPS) is 12.5. The number of thiol groups is 1. The summed E-state index contributed by atoms with van der Waals surface area (Å²) in [6.45, 7) is 2.47. The van der Waals surface area contributed by atoms with Crippen LogP contribution in [0.5, 0.6) is 0 Å². The number of rotatable bonds is 9. The monoisotopic (exact) mass is 233 g/mol. The molecule has 2 N–H and O–H groups in total. The average Bonchev–Trinajstić information content (AvgIpc) is 2.22. The van der Waals surface area contributed by atoms with Gasteiger partial charge in [0.2, 0.25) is 0 Å². The summed E-state index contributed by atoms with van der Waals surface area (Å²) >= 11 is 4.20. The van der Waals surface area contributed by atoms with Crippen LogP contribution in [0.2, 0.25) is 0 Å². The summed E-state index contributed by atoms with van der Waals surface area (Å²) < 4.78 is 4.97. The molecule has 0 aliphatic carbocycles. The zero-order valence-corrected chi connectivity index (χ0v) is 10.4. The zero-order valence-electron chi connectivity index (χ0n) is 9.54. The largest absolute Gasteiger partial charge is 0.479 e. The van der Waals surface area contributed by atoms with Gasteiger partial charge in [0.25, 0.3) is 0 Å².